The van der Waals surface area contributed by atoms with E-state index < -0.39 is 11.8 Å². The van der Waals surface area contributed by atoms with E-state index in [1.54, 1.807) is 0 Å². The van der Waals surface area contributed by atoms with Crippen LogP contribution in [0.1, 0.15) is 0 Å². The molecule has 2 amide bonds. The van der Waals surface area contributed by atoms with Crippen molar-refractivity contribution in [1.29, 1.82) is 0 Å². The highest BCUT2D eigenvalue weighted by Crippen LogP contribution is 2.31. The van der Waals surface area contributed by atoms with Gasteiger partial charge in [0.15, 0.2) is 0 Å². The summed E-state index contributed by atoms with van der Waals surface area (Å²) in [5.41, 5.74) is 6.96. The summed E-state index contributed by atoms with van der Waals surface area (Å²) in [4.78, 5) is 27.7. The van der Waals surface area contributed by atoms with E-state index in [0.717, 1.165) is 11.4 Å². The van der Waals surface area contributed by atoms with E-state index in [2.05, 4.69) is 17.5 Å². The zero-order chi connectivity index (χ0) is 14.7. The van der Waals surface area contributed by atoms with Gasteiger partial charge in [0.05, 0.1) is 22.9 Å². The topological polar surface area (TPSA) is 78.7 Å². The highest BCUT2D eigenvalue weighted by molar-refractivity contribution is 7.80. The molecule has 6 nitrogen and oxygen atoms in total. The van der Waals surface area contributed by atoms with Gasteiger partial charge in [-0.15, -0.1) is 0 Å². The lowest BCUT2D eigenvalue weighted by atomic mass is 10.1. The number of hydrogen-bond acceptors (Lipinski definition) is 4. The second-order valence-corrected chi connectivity index (χ2v) is 5.04. The number of hydrogen-bond donors (Lipinski definition) is 2. The Morgan fingerprint density at radius 3 is 2.60 bits per heavy atom. The van der Waals surface area contributed by atoms with Gasteiger partial charge in [-0.1, -0.05) is 24.4 Å². The average Bonchev–Trinajstić information content (AvgIpc) is 2.44. The number of nitrogens with one attached hydrogen (secondary N) is 1. The van der Waals surface area contributed by atoms with E-state index in [-0.39, 0.29) is 11.5 Å². The predicted molar refractivity (Wildman–Crippen MR) is 81.9 cm³/mol. The third kappa shape index (κ3) is 2.88. The fourth-order valence-corrected chi connectivity index (χ4v) is 2.15. The molecule has 0 atom stereocenters. The molecule has 106 valence electrons. The van der Waals surface area contributed by atoms with E-state index >= 15 is 0 Å². The van der Waals surface area contributed by atoms with Crippen molar-refractivity contribution in [2.45, 2.75) is 0 Å². The molecule has 0 unspecified atom stereocenters. The van der Waals surface area contributed by atoms with E-state index in [9.17, 15) is 9.59 Å². The second-order valence-electron chi connectivity index (χ2n) is 4.52. The Hall–Kier alpha value is -2.15. The molecule has 2 rings (SSSR count). The largest absolute Gasteiger partial charge is 0.392 e. The van der Waals surface area contributed by atoms with Crippen LogP contribution in [0.3, 0.4) is 0 Å². The molecule has 1 aliphatic heterocycles. The second kappa shape index (κ2) is 5.87. The first-order valence-corrected chi connectivity index (χ1v) is 6.59. The van der Waals surface area contributed by atoms with Crippen LogP contribution in [0.15, 0.2) is 24.3 Å². The molecule has 1 aromatic carbocycles. The molecule has 0 spiro atoms. The van der Waals surface area contributed by atoms with Crippen molar-refractivity contribution in [1.82, 2.24) is 5.32 Å². The molecule has 0 saturated heterocycles. The van der Waals surface area contributed by atoms with Gasteiger partial charge in [0.2, 0.25) is 0 Å². The van der Waals surface area contributed by atoms with Gasteiger partial charge in [-0.3, -0.25) is 9.59 Å². The van der Waals surface area contributed by atoms with Gasteiger partial charge in [0.1, 0.15) is 0 Å². The fraction of sp³-hybridized carbons (Fsp3) is 0.308. The van der Waals surface area contributed by atoms with Crippen molar-refractivity contribution >= 4 is 40.4 Å². The molecule has 1 aromatic rings. The summed E-state index contributed by atoms with van der Waals surface area (Å²) in [5, 5.41) is 2.41. The first kappa shape index (κ1) is 14.3. The maximum absolute atomic E-state index is 12.2. The lowest BCUT2D eigenvalue weighted by Gasteiger charge is -2.35. The highest BCUT2D eigenvalue weighted by atomic mass is 32.1. The molecule has 0 bridgehead atoms. The monoisotopic (exact) mass is 292 g/mol. The van der Waals surface area contributed by atoms with Crippen LogP contribution in [-0.2, 0) is 9.59 Å². The Kier molecular flexibility index (Phi) is 4.19. The fourth-order valence-electron chi connectivity index (χ4n) is 2.08. The highest BCUT2D eigenvalue weighted by Gasteiger charge is 2.28. The van der Waals surface area contributed by atoms with Gasteiger partial charge in [0, 0.05) is 20.1 Å². The Morgan fingerprint density at radius 1 is 1.30 bits per heavy atom. The van der Waals surface area contributed by atoms with Crippen molar-refractivity contribution in [2.24, 2.45) is 5.73 Å². The lowest BCUT2D eigenvalue weighted by Crippen LogP contribution is -2.49. The molecule has 7 heteroatoms. The average molecular weight is 292 g/mol. The standard InChI is InChI=1S/C13H16N4O2S/c1-16-6-7-17(10-5-3-2-4-9(10)16)13(19)12(18)15-8-11(14)20/h2-5H,6-8H2,1H3,(H2,14,20)(H,15,18). The third-order valence-electron chi connectivity index (χ3n) is 3.11. The van der Waals surface area contributed by atoms with E-state index in [1.807, 2.05) is 36.2 Å². The van der Waals surface area contributed by atoms with Crippen LogP contribution in [0.4, 0.5) is 11.4 Å². The van der Waals surface area contributed by atoms with Crippen LogP contribution < -0.4 is 20.9 Å². The summed E-state index contributed by atoms with van der Waals surface area (Å²) in [6, 6.07) is 7.48. The van der Waals surface area contributed by atoms with E-state index in [1.165, 1.54) is 4.90 Å². The van der Waals surface area contributed by atoms with Gasteiger partial charge in [0.25, 0.3) is 0 Å². The van der Waals surface area contributed by atoms with Gasteiger partial charge in [-0.25, -0.2) is 0 Å². The van der Waals surface area contributed by atoms with Crippen LogP contribution >= 0.6 is 12.2 Å². The third-order valence-corrected chi connectivity index (χ3v) is 3.25. The molecule has 0 aliphatic carbocycles. The molecular formula is C13H16N4O2S. The minimum absolute atomic E-state index is 0.0231. The van der Waals surface area contributed by atoms with Crippen LogP contribution in [0.5, 0.6) is 0 Å². The summed E-state index contributed by atoms with van der Waals surface area (Å²) < 4.78 is 0. The number of carbonyl (C=O) groups excluding carboxylic acids is 2. The number of nitrogens with two attached hydrogens (primary N) is 1. The van der Waals surface area contributed by atoms with Gasteiger partial charge in [-0.2, -0.15) is 0 Å². The number of fused-ring (bicyclic) bond motifs is 1. The number of benzene rings is 1. The van der Waals surface area contributed by atoms with Crippen LogP contribution in [0, 0.1) is 0 Å². The van der Waals surface area contributed by atoms with Crippen LogP contribution in [-0.4, -0.2) is 43.5 Å². The van der Waals surface area contributed by atoms with Crippen molar-refractivity contribution in [3.05, 3.63) is 24.3 Å². The number of para-hydroxylation sites is 2. The number of nitrogens with zero attached hydrogens (tertiary/aromatic N) is 2. The molecule has 20 heavy (non-hydrogen) atoms. The maximum Gasteiger partial charge on any atom is 0.316 e. The molecule has 0 radical (unpaired) electrons. The smallest absolute Gasteiger partial charge is 0.316 e. The molecule has 3 N–H and O–H groups in total. The SMILES string of the molecule is CN1CCN(C(=O)C(=O)NCC(N)=S)c2ccccc21. The number of amides is 2. The molecule has 0 fully saturated rings. The zero-order valence-corrected chi connectivity index (χ0v) is 11.9. The van der Waals surface area contributed by atoms with Gasteiger partial charge < -0.3 is 20.9 Å². The molecule has 1 aliphatic rings. The Labute approximate surface area is 122 Å². The number of likely N-dealkylation sites (N-methyl/N-ethyl adjacent to an activating group) is 1. The Bertz CT molecular complexity index is 561. The van der Waals surface area contributed by atoms with Gasteiger partial charge >= 0.3 is 11.8 Å². The number of carbonyl (C=O) groups is 2. The van der Waals surface area contributed by atoms with Crippen molar-refractivity contribution in [2.75, 3.05) is 36.5 Å². The van der Waals surface area contributed by atoms with Crippen LogP contribution in [0.2, 0.25) is 0 Å². The normalized spacial score (nSPS) is 13.7. The zero-order valence-electron chi connectivity index (χ0n) is 11.1. The predicted octanol–water partition coefficient (Wildman–Crippen LogP) is -0.128. The minimum Gasteiger partial charge on any atom is -0.392 e. The summed E-state index contributed by atoms with van der Waals surface area (Å²) >= 11 is 4.67. The molecule has 0 saturated carbocycles. The quantitative estimate of drug-likeness (QED) is 0.586. The number of thiocarbonyl (C=S) groups is 1. The first-order chi connectivity index (χ1) is 9.50. The van der Waals surface area contributed by atoms with Crippen molar-refractivity contribution in [3.8, 4) is 0 Å². The molecular weight excluding hydrogens is 276 g/mol. The van der Waals surface area contributed by atoms with Crippen molar-refractivity contribution < 1.29 is 9.59 Å². The van der Waals surface area contributed by atoms with E-state index in [0.29, 0.717) is 13.1 Å². The number of rotatable bonds is 2. The van der Waals surface area contributed by atoms with Crippen molar-refractivity contribution in [3.63, 3.8) is 0 Å². The van der Waals surface area contributed by atoms with Crippen LogP contribution in [0.25, 0.3) is 0 Å². The first-order valence-electron chi connectivity index (χ1n) is 6.19. The lowest BCUT2D eigenvalue weighted by molar-refractivity contribution is -0.137. The summed E-state index contributed by atoms with van der Waals surface area (Å²) in [6.07, 6.45) is 0. The summed E-state index contributed by atoms with van der Waals surface area (Å²) in [5.74, 6) is -1.29. The Morgan fingerprint density at radius 2 is 1.95 bits per heavy atom. The van der Waals surface area contributed by atoms with Gasteiger partial charge in [-0.05, 0) is 12.1 Å². The van der Waals surface area contributed by atoms with E-state index in [4.69, 9.17) is 5.73 Å². The minimum atomic E-state index is -0.697. The maximum atomic E-state index is 12.2. The molecule has 0 aromatic heterocycles. The summed E-state index contributed by atoms with van der Waals surface area (Å²) in [7, 11) is 1.95. The Balaban J connectivity index is 2.17. The molecule has 1 heterocycles. The summed E-state index contributed by atoms with van der Waals surface area (Å²) in [6.45, 7) is 1.16. The number of anilines is 2.